The van der Waals surface area contributed by atoms with Gasteiger partial charge in [0.1, 0.15) is 12.1 Å². The molecule has 1 saturated heterocycles. The van der Waals surface area contributed by atoms with Crippen LogP contribution < -0.4 is 0 Å². The van der Waals surface area contributed by atoms with Gasteiger partial charge in [0.15, 0.2) is 0 Å². The Balaban J connectivity index is 1.45. The maximum absolute atomic E-state index is 13.2. The Hall–Kier alpha value is -3.13. The summed E-state index contributed by atoms with van der Waals surface area (Å²) >= 11 is 0. The molecule has 1 aromatic heterocycles. The van der Waals surface area contributed by atoms with Crippen molar-refractivity contribution in [1.29, 1.82) is 0 Å². The first-order chi connectivity index (χ1) is 14.6. The van der Waals surface area contributed by atoms with Crippen LogP contribution in [-0.2, 0) is 13.0 Å². The SMILES string of the molecule is O=C(c1ccc(Cn2cnnn2)cc1)N1CCC[C@@](CO)(Cc2ccc(F)cc2)C1. The van der Waals surface area contributed by atoms with Crippen molar-refractivity contribution < 1.29 is 14.3 Å². The van der Waals surface area contributed by atoms with Crippen LogP contribution in [-0.4, -0.2) is 55.8 Å². The van der Waals surface area contributed by atoms with Gasteiger partial charge in [-0.15, -0.1) is 5.10 Å². The Labute approximate surface area is 174 Å². The number of nitrogens with zero attached hydrogens (tertiary/aromatic N) is 5. The molecule has 1 amide bonds. The molecule has 1 fully saturated rings. The molecule has 1 atom stereocenters. The van der Waals surface area contributed by atoms with Gasteiger partial charge in [-0.05, 0) is 65.1 Å². The summed E-state index contributed by atoms with van der Waals surface area (Å²) in [5.41, 5.74) is 2.17. The van der Waals surface area contributed by atoms with Crippen LogP contribution in [0.1, 0.15) is 34.3 Å². The first-order valence-electron chi connectivity index (χ1n) is 10.0. The highest BCUT2D eigenvalue weighted by molar-refractivity contribution is 5.94. The zero-order chi connectivity index (χ0) is 21.0. The van der Waals surface area contributed by atoms with E-state index in [0.29, 0.717) is 31.6 Å². The molecule has 1 aliphatic heterocycles. The predicted molar refractivity (Wildman–Crippen MR) is 108 cm³/mol. The standard InChI is InChI=1S/C22H24FN5O2/c23-20-8-4-17(5-9-20)12-22(15-29)10-1-11-27(14-22)21(30)19-6-2-18(3-7-19)13-28-16-24-25-26-28/h2-9,16,29H,1,10-15H2/t22-/m1/s1. The minimum absolute atomic E-state index is 0.0148. The van der Waals surface area contributed by atoms with E-state index in [0.717, 1.165) is 24.0 Å². The monoisotopic (exact) mass is 409 g/mol. The van der Waals surface area contributed by atoms with Crippen LogP contribution in [0.25, 0.3) is 0 Å². The predicted octanol–water partition coefficient (Wildman–Crippen LogP) is 2.32. The number of aromatic nitrogens is 4. The smallest absolute Gasteiger partial charge is 0.253 e. The molecule has 0 aliphatic carbocycles. The first-order valence-corrected chi connectivity index (χ1v) is 10.0. The molecular formula is C22H24FN5O2. The fraction of sp³-hybridized carbons (Fsp3) is 0.364. The van der Waals surface area contributed by atoms with Crippen molar-refractivity contribution in [2.24, 2.45) is 5.41 Å². The van der Waals surface area contributed by atoms with Gasteiger partial charge in [-0.3, -0.25) is 4.79 Å². The number of hydrogen-bond acceptors (Lipinski definition) is 5. The number of aliphatic hydroxyl groups excluding tert-OH is 1. The first kappa shape index (κ1) is 20.2. The Morgan fingerprint density at radius 1 is 1.10 bits per heavy atom. The molecule has 0 spiro atoms. The van der Waals surface area contributed by atoms with E-state index < -0.39 is 5.41 Å². The Morgan fingerprint density at radius 3 is 2.50 bits per heavy atom. The van der Waals surface area contributed by atoms with E-state index >= 15 is 0 Å². The summed E-state index contributed by atoms with van der Waals surface area (Å²) in [4.78, 5) is 14.9. The normalized spacial score (nSPS) is 19.1. The van der Waals surface area contributed by atoms with Crippen molar-refractivity contribution in [3.63, 3.8) is 0 Å². The molecule has 156 valence electrons. The summed E-state index contributed by atoms with van der Waals surface area (Å²) < 4.78 is 14.8. The van der Waals surface area contributed by atoms with Crippen LogP contribution in [0.4, 0.5) is 4.39 Å². The number of piperidine rings is 1. The second-order valence-corrected chi connectivity index (χ2v) is 8.00. The largest absolute Gasteiger partial charge is 0.396 e. The van der Waals surface area contributed by atoms with Crippen LogP contribution in [0.5, 0.6) is 0 Å². The lowest BCUT2D eigenvalue weighted by Crippen LogP contribution is -2.49. The van der Waals surface area contributed by atoms with Crippen LogP contribution in [0, 0.1) is 11.2 Å². The molecule has 4 rings (SSSR count). The van der Waals surface area contributed by atoms with Crippen LogP contribution in [0.15, 0.2) is 54.9 Å². The average molecular weight is 409 g/mol. The molecule has 1 aliphatic rings. The van der Waals surface area contributed by atoms with Crippen molar-refractivity contribution in [1.82, 2.24) is 25.1 Å². The maximum atomic E-state index is 13.2. The second kappa shape index (κ2) is 8.71. The van der Waals surface area contributed by atoms with Gasteiger partial charge in [0.2, 0.25) is 0 Å². The second-order valence-electron chi connectivity index (χ2n) is 8.00. The van der Waals surface area contributed by atoms with Crippen molar-refractivity contribution in [2.75, 3.05) is 19.7 Å². The number of halogens is 1. The number of benzene rings is 2. The lowest BCUT2D eigenvalue weighted by atomic mass is 9.75. The molecule has 2 heterocycles. The number of carbonyl (C=O) groups excluding carboxylic acids is 1. The number of tetrazole rings is 1. The molecule has 3 aromatic rings. The molecule has 0 bridgehead atoms. The van der Waals surface area contributed by atoms with E-state index in [4.69, 9.17) is 0 Å². The zero-order valence-corrected chi connectivity index (χ0v) is 16.6. The third-order valence-corrected chi connectivity index (χ3v) is 5.71. The van der Waals surface area contributed by atoms with Crippen molar-refractivity contribution >= 4 is 5.91 Å². The van der Waals surface area contributed by atoms with E-state index in [2.05, 4.69) is 15.5 Å². The Morgan fingerprint density at radius 2 is 1.83 bits per heavy atom. The van der Waals surface area contributed by atoms with Crippen molar-refractivity contribution in [3.8, 4) is 0 Å². The third-order valence-electron chi connectivity index (χ3n) is 5.71. The highest BCUT2D eigenvalue weighted by atomic mass is 19.1. The summed E-state index contributed by atoms with van der Waals surface area (Å²) in [6, 6.07) is 13.8. The van der Waals surface area contributed by atoms with Gasteiger partial charge < -0.3 is 10.0 Å². The third kappa shape index (κ3) is 4.54. The molecule has 0 unspecified atom stereocenters. The molecule has 8 heteroatoms. The summed E-state index contributed by atoms with van der Waals surface area (Å²) in [7, 11) is 0. The van der Waals surface area contributed by atoms with Crippen molar-refractivity contribution in [2.45, 2.75) is 25.8 Å². The van der Waals surface area contributed by atoms with Crippen LogP contribution in [0.2, 0.25) is 0 Å². The van der Waals surface area contributed by atoms with Crippen LogP contribution >= 0.6 is 0 Å². The average Bonchev–Trinajstić information content (AvgIpc) is 3.29. The lowest BCUT2D eigenvalue weighted by molar-refractivity contribution is 0.0271. The number of carbonyl (C=O) groups is 1. The molecule has 7 nitrogen and oxygen atoms in total. The lowest BCUT2D eigenvalue weighted by Gasteiger charge is -2.42. The van der Waals surface area contributed by atoms with Gasteiger partial charge in [-0.2, -0.15) is 0 Å². The molecule has 0 saturated carbocycles. The molecular weight excluding hydrogens is 385 g/mol. The molecule has 0 radical (unpaired) electrons. The van der Waals surface area contributed by atoms with Gasteiger partial charge in [0, 0.05) is 24.1 Å². The number of rotatable bonds is 6. The van der Waals surface area contributed by atoms with Crippen molar-refractivity contribution in [3.05, 3.63) is 77.4 Å². The summed E-state index contributed by atoms with van der Waals surface area (Å²) in [6.07, 6.45) is 3.81. The summed E-state index contributed by atoms with van der Waals surface area (Å²) in [6.45, 7) is 1.66. The van der Waals surface area contributed by atoms with Gasteiger partial charge in [-0.1, -0.05) is 24.3 Å². The highest BCUT2D eigenvalue weighted by Gasteiger charge is 2.37. The number of hydrogen-bond donors (Lipinski definition) is 1. The molecule has 30 heavy (non-hydrogen) atoms. The molecule has 1 N–H and O–H groups in total. The quantitative estimate of drug-likeness (QED) is 0.676. The molecule has 2 aromatic carbocycles. The fourth-order valence-electron chi connectivity index (χ4n) is 4.12. The fourth-order valence-corrected chi connectivity index (χ4v) is 4.12. The van der Waals surface area contributed by atoms with Gasteiger partial charge in [-0.25, -0.2) is 9.07 Å². The Kier molecular flexibility index (Phi) is 5.85. The summed E-state index contributed by atoms with van der Waals surface area (Å²) in [5.74, 6) is -0.318. The minimum atomic E-state index is -0.411. The van der Waals surface area contributed by atoms with E-state index in [1.807, 2.05) is 29.2 Å². The number of amides is 1. The summed E-state index contributed by atoms with van der Waals surface area (Å²) in [5, 5.41) is 21.2. The Bertz CT molecular complexity index is 976. The van der Waals surface area contributed by atoms with E-state index in [1.54, 1.807) is 23.1 Å². The van der Waals surface area contributed by atoms with E-state index in [9.17, 15) is 14.3 Å². The maximum Gasteiger partial charge on any atom is 0.253 e. The minimum Gasteiger partial charge on any atom is -0.396 e. The van der Waals surface area contributed by atoms with E-state index in [-0.39, 0.29) is 18.3 Å². The van der Waals surface area contributed by atoms with Gasteiger partial charge >= 0.3 is 0 Å². The number of likely N-dealkylation sites (tertiary alicyclic amines) is 1. The van der Waals surface area contributed by atoms with Gasteiger partial charge in [0.25, 0.3) is 5.91 Å². The number of aliphatic hydroxyl groups is 1. The van der Waals surface area contributed by atoms with Crippen LogP contribution in [0.3, 0.4) is 0 Å². The highest BCUT2D eigenvalue weighted by Crippen LogP contribution is 2.34. The van der Waals surface area contributed by atoms with E-state index in [1.165, 1.54) is 12.1 Å². The van der Waals surface area contributed by atoms with Gasteiger partial charge in [0.05, 0.1) is 13.2 Å². The zero-order valence-electron chi connectivity index (χ0n) is 16.6. The topological polar surface area (TPSA) is 84.1 Å².